The molecule has 2 amide bonds. The van der Waals surface area contributed by atoms with Crippen molar-refractivity contribution in [3.05, 3.63) is 59.9 Å². The molecule has 134 valence electrons. The molecule has 0 saturated carbocycles. The van der Waals surface area contributed by atoms with Crippen molar-refractivity contribution < 1.29 is 23.5 Å². The fraction of sp³-hybridized carbons (Fsp3) is 0.211. The van der Waals surface area contributed by atoms with Crippen LogP contribution in [0.2, 0.25) is 0 Å². The Morgan fingerprint density at radius 3 is 2.62 bits per heavy atom. The highest BCUT2D eigenvalue weighted by molar-refractivity contribution is 6.14. The van der Waals surface area contributed by atoms with Crippen molar-refractivity contribution >= 4 is 29.2 Å². The van der Waals surface area contributed by atoms with Crippen LogP contribution in [-0.4, -0.2) is 29.9 Å². The highest BCUT2D eigenvalue weighted by Crippen LogP contribution is 2.36. The van der Waals surface area contributed by atoms with E-state index in [1.54, 1.807) is 38.1 Å². The molecule has 1 heterocycles. The standard InChI is InChI=1S/C19H17FN2O4/c1-19(2)18(25)21-14-8-3-4-9-15(14)22(19)16(23)11-26-17(24)12-6-5-7-13(20)10-12/h3-10H,11H2,1-2H3,(H,21,25). The molecule has 1 N–H and O–H groups in total. The normalized spacial score (nSPS) is 15.0. The van der Waals surface area contributed by atoms with Gasteiger partial charge in [-0.25, -0.2) is 9.18 Å². The van der Waals surface area contributed by atoms with Crippen LogP contribution in [0, 0.1) is 5.82 Å². The molecule has 0 aromatic heterocycles. The number of hydrogen-bond donors (Lipinski definition) is 1. The van der Waals surface area contributed by atoms with Gasteiger partial charge in [0.1, 0.15) is 11.4 Å². The van der Waals surface area contributed by atoms with Crippen molar-refractivity contribution in [3.63, 3.8) is 0 Å². The van der Waals surface area contributed by atoms with Crippen LogP contribution in [-0.2, 0) is 14.3 Å². The van der Waals surface area contributed by atoms with Crippen LogP contribution < -0.4 is 10.2 Å². The van der Waals surface area contributed by atoms with E-state index in [9.17, 15) is 18.8 Å². The van der Waals surface area contributed by atoms with Crippen LogP contribution in [0.5, 0.6) is 0 Å². The average Bonchev–Trinajstić information content (AvgIpc) is 2.60. The fourth-order valence-electron chi connectivity index (χ4n) is 2.79. The summed E-state index contributed by atoms with van der Waals surface area (Å²) < 4.78 is 18.2. The molecular formula is C19H17FN2O4. The first-order valence-electron chi connectivity index (χ1n) is 7.97. The van der Waals surface area contributed by atoms with E-state index >= 15 is 0 Å². The van der Waals surface area contributed by atoms with Crippen LogP contribution in [0.1, 0.15) is 24.2 Å². The van der Waals surface area contributed by atoms with E-state index in [4.69, 9.17) is 4.74 Å². The minimum Gasteiger partial charge on any atom is -0.452 e. The third-order valence-corrected chi connectivity index (χ3v) is 4.14. The number of esters is 1. The van der Waals surface area contributed by atoms with E-state index in [-0.39, 0.29) is 11.5 Å². The number of hydrogen-bond acceptors (Lipinski definition) is 4. The number of ether oxygens (including phenoxy) is 1. The Kier molecular flexibility index (Phi) is 4.46. The van der Waals surface area contributed by atoms with E-state index in [0.717, 1.165) is 6.07 Å². The van der Waals surface area contributed by atoms with Crippen molar-refractivity contribution in [1.29, 1.82) is 0 Å². The number of halogens is 1. The van der Waals surface area contributed by atoms with Gasteiger partial charge in [0.2, 0.25) is 5.91 Å². The number of para-hydroxylation sites is 2. The van der Waals surface area contributed by atoms with Gasteiger partial charge in [0, 0.05) is 0 Å². The molecule has 0 saturated heterocycles. The van der Waals surface area contributed by atoms with Crippen LogP contribution in [0.15, 0.2) is 48.5 Å². The Morgan fingerprint density at radius 1 is 1.15 bits per heavy atom. The van der Waals surface area contributed by atoms with Gasteiger partial charge in [-0.2, -0.15) is 0 Å². The summed E-state index contributed by atoms with van der Waals surface area (Å²) >= 11 is 0. The van der Waals surface area contributed by atoms with Crippen molar-refractivity contribution in [2.75, 3.05) is 16.8 Å². The number of carbonyl (C=O) groups excluding carboxylic acids is 3. The minimum atomic E-state index is -1.16. The summed E-state index contributed by atoms with van der Waals surface area (Å²) in [6.45, 7) is 2.63. The second kappa shape index (κ2) is 6.59. The molecule has 0 spiro atoms. The molecule has 2 aromatic rings. The zero-order chi connectivity index (χ0) is 18.9. The van der Waals surface area contributed by atoms with Gasteiger partial charge < -0.3 is 10.1 Å². The lowest BCUT2D eigenvalue weighted by Crippen LogP contribution is -2.59. The van der Waals surface area contributed by atoms with E-state index in [1.807, 2.05) is 0 Å². The quantitative estimate of drug-likeness (QED) is 0.858. The maximum Gasteiger partial charge on any atom is 0.338 e. The first kappa shape index (κ1) is 17.6. The highest BCUT2D eigenvalue weighted by Gasteiger charge is 2.43. The molecule has 0 bridgehead atoms. The van der Waals surface area contributed by atoms with Gasteiger partial charge in [-0.3, -0.25) is 14.5 Å². The summed E-state index contributed by atoms with van der Waals surface area (Å²) in [7, 11) is 0. The lowest BCUT2D eigenvalue weighted by atomic mass is 9.96. The summed E-state index contributed by atoms with van der Waals surface area (Å²) in [5.74, 6) is -2.29. The molecule has 7 heteroatoms. The molecule has 2 aromatic carbocycles. The Morgan fingerprint density at radius 2 is 1.88 bits per heavy atom. The van der Waals surface area contributed by atoms with E-state index in [2.05, 4.69) is 5.32 Å². The van der Waals surface area contributed by atoms with Gasteiger partial charge in [0.15, 0.2) is 6.61 Å². The Labute approximate surface area is 149 Å². The number of benzene rings is 2. The zero-order valence-corrected chi connectivity index (χ0v) is 14.3. The van der Waals surface area contributed by atoms with Crippen LogP contribution in [0.4, 0.5) is 15.8 Å². The summed E-state index contributed by atoms with van der Waals surface area (Å²) in [6, 6.07) is 11.9. The molecule has 0 radical (unpaired) electrons. The van der Waals surface area contributed by atoms with Crippen LogP contribution in [0.25, 0.3) is 0 Å². The monoisotopic (exact) mass is 356 g/mol. The summed E-state index contributed by atoms with van der Waals surface area (Å²) in [5.41, 5.74) is -0.129. The first-order chi connectivity index (χ1) is 12.3. The number of rotatable bonds is 3. The minimum absolute atomic E-state index is 0.00819. The van der Waals surface area contributed by atoms with Crippen molar-refractivity contribution in [2.24, 2.45) is 0 Å². The molecule has 6 nitrogen and oxygen atoms in total. The summed E-state index contributed by atoms with van der Waals surface area (Å²) in [6.07, 6.45) is 0. The van der Waals surface area contributed by atoms with Crippen LogP contribution in [0.3, 0.4) is 0 Å². The number of nitrogens with one attached hydrogen (secondary N) is 1. The molecule has 1 aliphatic heterocycles. The van der Waals surface area contributed by atoms with Crippen molar-refractivity contribution in [3.8, 4) is 0 Å². The molecule has 0 atom stereocenters. The maximum absolute atomic E-state index is 13.2. The highest BCUT2D eigenvalue weighted by atomic mass is 19.1. The number of amides is 2. The first-order valence-corrected chi connectivity index (χ1v) is 7.97. The maximum atomic E-state index is 13.2. The molecule has 26 heavy (non-hydrogen) atoms. The van der Waals surface area contributed by atoms with E-state index in [0.29, 0.717) is 11.4 Å². The molecule has 0 unspecified atom stereocenters. The summed E-state index contributed by atoms with van der Waals surface area (Å²) in [4.78, 5) is 38.4. The molecule has 3 rings (SSSR count). The van der Waals surface area contributed by atoms with Gasteiger partial charge in [0.25, 0.3) is 5.91 Å². The third kappa shape index (κ3) is 3.15. The van der Waals surface area contributed by atoms with Gasteiger partial charge in [0.05, 0.1) is 16.9 Å². The molecule has 1 aliphatic rings. The van der Waals surface area contributed by atoms with Gasteiger partial charge in [-0.05, 0) is 44.2 Å². The van der Waals surface area contributed by atoms with Crippen molar-refractivity contribution in [1.82, 2.24) is 0 Å². The summed E-state index contributed by atoms with van der Waals surface area (Å²) in [5, 5.41) is 2.75. The van der Waals surface area contributed by atoms with Gasteiger partial charge in [-0.1, -0.05) is 18.2 Å². The van der Waals surface area contributed by atoms with Crippen molar-refractivity contribution in [2.45, 2.75) is 19.4 Å². The largest absolute Gasteiger partial charge is 0.452 e. The predicted octanol–water partition coefficient (Wildman–Crippen LogP) is 2.75. The zero-order valence-electron chi connectivity index (χ0n) is 14.3. The Hall–Kier alpha value is -3.22. The number of carbonyl (C=O) groups is 3. The average molecular weight is 356 g/mol. The molecular weight excluding hydrogens is 339 g/mol. The van der Waals surface area contributed by atoms with Gasteiger partial charge >= 0.3 is 5.97 Å². The SMILES string of the molecule is CC1(C)C(=O)Nc2ccccc2N1C(=O)COC(=O)c1cccc(F)c1. The van der Waals surface area contributed by atoms with Gasteiger partial charge in [-0.15, -0.1) is 0 Å². The number of nitrogens with zero attached hydrogens (tertiary/aromatic N) is 1. The Balaban J connectivity index is 1.80. The predicted molar refractivity (Wildman–Crippen MR) is 93.3 cm³/mol. The second-order valence-electron chi connectivity index (χ2n) is 6.35. The number of fused-ring (bicyclic) bond motifs is 1. The lowest BCUT2D eigenvalue weighted by molar-refractivity contribution is -0.128. The third-order valence-electron chi connectivity index (χ3n) is 4.14. The van der Waals surface area contributed by atoms with E-state index in [1.165, 1.54) is 23.1 Å². The second-order valence-corrected chi connectivity index (χ2v) is 6.35. The molecule has 0 fully saturated rings. The fourth-order valence-corrected chi connectivity index (χ4v) is 2.79. The molecule has 0 aliphatic carbocycles. The topological polar surface area (TPSA) is 75.7 Å². The lowest BCUT2D eigenvalue weighted by Gasteiger charge is -2.41. The van der Waals surface area contributed by atoms with Crippen LogP contribution >= 0.6 is 0 Å². The number of anilines is 2. The smallest absolute Gasteiger partial charge is 0.338 e. The van der Waals surface area contributed by atoms with E-state index < -0.39 is 29.8 Å². The Bertz CT molecular complexity index is 895.